The number of anilines is 1. The molecule has 1 heterocycles. The third kappa shape index (κ3) is 4.57. The summed E-state index contributed by atoms with van der Waals surface area (Å²) in [6.07, 6.45) is 7.72. The van der Waals surface area contributed by atoms with Crippen LogP contribution in [-0.2, 0) is 6.61 Å². The molecule has 4 aromatic rings. The minimum Gasteiger partial charge on any atom is -0.488 e. The molecule has 0 fully saturated rings. The molecular formula is C33H30N2O. The third-order valence-electron chi connectivity index (χ3n) is 7.31. The van der Waals surface area contributed by atoms with Gasteiger partial charge in [0.15, 0.2) is 0 Å². The van der Waals surface area contributed by atoms with E-state index in [0.29, 0.717) is 24.5 Å². The second-order valence-electron chi connectivity index (χ2n) is 9.72. The first kappa shape index (κ1) is 22.4. The molecule has 36 heavy (non-hydrogen) atoms. The molecule has 0 radical (unpaired) electrons. The van der Waals surface area contributed by atoms with Crippen LogP contribution in [0, 0.1) is 12.8 Å². The summed E-state index contributed by atoms with van der Waals surface area (Å²) in [4.78, 5) is 4.75. The fourth-order valence-corrected chi connectivity index (χ4v) is 5.35. The van der Waals surface area contributed by atoms with Gasteiger partial charge in [0, 0.05) is 23.4 Å². The van der Waals surface area contributed by atoms with Crippen LogP contribution in [0.1, 0.15) is 46.2 Å². The van der Waals surface area contributed by atoms with E-state index in [1.54, 1.807) is 0 Å². The Kier molecular flexibility index (Phi) is 6.13. The van der Waals surface area contributed by atoms with Crippen LogP contribution in [-0.4, -0.2) is 6.21 Å². The maximum absolute atomic E-state index is 6.11. The molecular weight excluding hydrogens is 440 g/mol. The quantitative estimate of drug-likeness (QED) is 0.228. The van der Waals surface area contributed by atoms with Gasteiger partial charge in [0.1, 0.15) is 12.4 Å². The van der Waals surface area contributed by atoms with Crippen molar-refractivity contribution in [2.75, 3.05) is 5.32 Å². The fraction of sp³-hybridized carbons (Fsp3) is 0.182. The molecule has 0 amide bonds. The van der Waals surface area contributed by atoms with E-state index in [9.17, 15) is 0 Å². The lowest BCUT2D eigenvalue weighted by Crippen LogP contribution is -2.28. The van der Waals surface area contributed by atoms with Crippen LogP contribution in [0.5, 0.6) is 5.75 Å². The number of ether oxygens (including phenoxy) is 1. The maximum atomic E-state index is 6.11. The lowest BCUT2D eigenvalue weighted by Gasteiger charge is -2.37. The van der Waals surface area contributed by atoms with Gasteiger partial charge in [-0.3, -0.25) is 4.99 Å². The first-order valence-corrected chi connectivity index (χ1v) is 12.7. The predicted octanol–water partition coefficient (Wildman–Crippen LogP) is 8.15. The van der Waals surface area contributed by atoms with Crippen molar-refractivity contribution < 1.29 is 4.74 Å². The number of aryl methyl sites for hydroxylation is 1. The Bertz CT molecular complexity index is 1400. The molecule has 0 aromatic heterocycles. The zero-order valence-corrected chi connectivity index (χ0v) is 20.5. The topological polar surface area (TPSA) is 33.6 Å². The highest BCUT2D eigenvalue weighted by atomic mass is 16.5. The highest BCUT2D eigenvalue weighted by Crippen LogP contribution is 2.49. The van der Waals surface area contributed by atoms with Crippen molar-refractivity contribution >= 4 is 17.6 Å². The maximum Gasteiger partial charge on any atom is 0.128 e. The second kappa shape index (κ2) is 9.87. The molecule has 1 aliphatic carbocycles. The number of allylic oxidation sites excluding steroid dienone is 2. The highest BCUT2D eigenvalue weighted by molar-refractivity contribution is 5.85. The van der Waals surface area contributed by atoms with Gasteiger partial charge in [-0.2, -0.15) is 0 Å². The summed E-state index contributed by atoms with van der Waals surface area (Å²) in [6.45, 7) is 2.63. The second-order valence-corrected chi connectivity index (χ2v) is 9.72. The van der Waals surface area contributed by atoms with E-state index < -0.39 is 0 Å². The number of rotatable bonds is 6. The molecule has 1 aliphatic heterocycles. The van der Waals surface area contributed by atoms with Gasteiger partial charge in [0.2, 0.25) is 0 Å². The Balaban J connectivity index is 1.17. The van der Waals surface area contributed by atoms with Gasteiger partial charge in [-0.15, -0.1) is 0 Å². The summed E-state index contributed by atoms with van der Waals surface area (Å²) in [7, 11) is 0. The zero-order valence-electron chi connectivity index (χ0n) is 20.5. The summed E-state index contributed by atoms with van der Waals surface area (Å²) in [5.41, 5.74) is 8.28. The summed E-state index contributed by atoms with van der Waals surface area (Å²) in [5.74, 6) is 1.87. The molecule has 0 saturated heterocycles. The van der Waals surface area contributed by atoms with Gasteiger partial charge in [-0.1, -0.05) is 84.4 Å². The smallest absolute Gasteiger partial charge is 0.128 e. The minimum absolute atomic E-state index is 0.300. The first-order valence-electron chi connectivity index (χ1n) is 12.7. The average molecular weight is 471 g/mol. The van der Waals surface area contributed by atoms with E-state index in [1.165, 1.54) is 22.4 Å². The standard InChI is InChI=1S/C33H30N2O/c1-23-13-15-24(16-14-23)22-36-32-12-5-2-7-26(32)21-34-27-19-17-25(18-20-27)33-30-10-6-9-28(30)29-8-3-4-11-31(29)35-33/h2-9,11-21,28,30,33,35H,10,22H2,1H3/t28-,30+,33+/m1/s1. The van der Waals surface area contributed by atoms with Gasteiger partial charge in [0.05, 0.1) is 11.7 Å². The predicted molar refractivity (Wildman–Crippen MR) is 148 cm³/mol. The molecule has 0 spiro atoms. The van der Waals surface area contributed by atoms with E-state index in [-0.39, 0.29) is 0 Å². The Hall–Kier alpha value is -4.11. The SMILES string of the molecule is Cc1ccc(COc2ccccc2C=Nc2ccc([C@@H]3Nc4ccccc4[C@H]4C=CC[C@@H]43)cc2)cc1. The lowest BCUT2D eigenvalue weighted by atomic mass is 9.77. The normalized spacial score (nSPS) is 20.1. The Morgan fingerprint density at radius 3 is 2.53 bits per heavy atom. The molecule has 0 unspecified atom stereocenters. The molecule has 3 atom stereocenters. The first-order chi connectivity index (χ1) is 17.7. The summed E-state index contributed by atoms with van der Waals surface area (Å²) < 4.78 is 6.11. The number of hydrogen-bond donors (Lipinski definition) is 1. The van der Waals surface area contributed by atoms with Crippen molar-refractivity contribution in [2.24, 2.45) is 10.9 Å². The molecule has 2 aliphatic rings. The lowest BCUT2D eigenvalue weighted by molar-refractivity contribution is 0.306. The van der Waals surface area contributed by atoms with Crippen molar-refractivity contribution in [3.63, 3.8) is 0 Å². The van der Waals surface area contributed by atoms with Gasteiger partial charge in [-0.25, -0.2) is 0 Å². The van der Waals surface area contributed by atoms with Crippen molar-refractivity contribution in [3.8, 4) is 5.75 Å². The van der Waals surface area contributed by atoms with Crippen LogP contribution in [0.4, 0.5) is 11.4 Å². The van der Waals surface area contributed by atoms with Crippen molar-refractivity contribution in [3.05, 3.63) is 137 Å². The number of nitrogens with zero attached hydrogens (tertiary/aromatic N) is 1. The van der Waals surface area contributed by atoms with Crippen LogP contribution < -0.4 is 10.1 Å². The summed E-state index contributed by atoms with van der Waals surface area (Å²) in [6, 6.07) is 34.2. The molecule has 3 heteroatoms. The van der Waals surface area contributed by atoms with E-state index in [2.05, 4.69) is 97.2 Å². The molecule has 0 bridgehead atoms. The Morgan fingerprint density at radius 1 is 0.889 bits per heavy atom. The average Bonchev–Trinajstić information content (AvgIpc) is 3.42. The zero-order chi connectivity index (χ0) is 24.3. The van der Waals surface area contributed by atoms with Gasteiger partial charge < -0.3 is 10.1 Å². The number of nitrogens with one attached hydrogen (secondary N) is 1. The third-order valence-corrected chi connectivity index (χ3v) is 7.31. The van der Waals surface area contributed by atoms with Crippen LogP contribution in [0.3, 0.4) is 0 Å². The monoisotopic (exact) mass is 470 g/mol. The van der Waals surface area contributed by atoms with Crippen LogP contribution in [0.15, 0.2) is 114 Å². The van der Waals surface area contributed by atoms with Crippen LogP contribution >= 0.6 is 0 Å². The fourth-order valence-electron chi connectivity index (χ4n) is 5.35. The van der Waals surface area contributed by atoms with E-state index in [4.69, 9.17) is 9.73 Å². The van der Waals surface area contributed by atoms with E-state index in [1.807, 2.05) is 30.5 Å². The molecule has 1 N–H and O–H groups in total. The van der Waals surface area contributed by atoms with E-state index >= 15 is 0 Å². The van der Waals surface area contributed by atoms with Crippen molar-refractivity contribution in [1.29, 1.82) is 0 Å². The molecule has 6 rings (SSSR count). The Labute approximate surface area is 213 Å². The van der Waals surface area contributed by atoms with Crippen molar-refractivity contribution in [2.45, 2.75) is 31.9 Å². The van der Waals surface area contributed by atoms with Crippen LogP contribution in [0.2, 0.25) is 0 Å². The summed E-state index contributed by atoms with van der Waals surface area (Å²) in [5, 5.41) is 3.81. The number of hydrogen-bond acceptors (Lipinski definition) is 3. The number of para-hydroxylation sites is 2. The largest absolute Gasteiger partial charge is 0.488 e. The van der Waals surface area contributed by atoms with Gasteiger partial charge in [-0.05, 0) is 66.3 Å². The Morgan fingerprint density at radius 2 is 1.67 bits per heavy atom. The van der Waals surface area contributed by atoms with Crippen molar-refractivity contribution in [1.82, 2.24) is 0 Å². The molecule has 3 nitrogen and oxygen atoms in total. The molecule has 4 aromatic carbocycles. The summed E-state index contributed by atoms with van der Waals surface area (Å²) >= 11 is 0. The number of fused-ring (bicyclic) bond motifs is 3. The van der Waals surface area contributed by atoms with E-state index in [0.717, 1.165) is 29.0 Å². The van der Waals surface area contributed by atoms with Gasteiger partial charge >= 0.3 is 0 Å². The number of aliphatic imine (C=N–C) groups is 1. The molecule has 178 valence electrons. The molecule has 0 saturated carbocycles. The minimum atomic E-state index is 0.300. The number of benzene rings is 4. The highest BCUT2D eigenvalue weighted by Gasteiger charge is 2.37. The van der Waals surface area contributed by atoms with Crippen LogP contribution in [0.25, 0.3) is 0 Å². The van der Waals surface area contributed by atoms with Gasteiger partial charge in [0.25, 0.3) is 0 Å².